The van der Waals surface area contributed by atoms with Gasteiger partial charge in [0.2, 0.25) is 5.89 Å². The molecule has 0 radical (unpaired) electrons. The first-order valence-corrected chi connectivity index (χ1v) is 5.33. The number of fused-ring (bicyclic) bond motifs is 1. The Morgan fingerprint density at radius 1 is 1.20 bits per heavy atom. The van der Waals surface area contributed by atoms with Crippen molar-refractivity contribution in [2.75, 3.05) is 0 Å². The number of halogens is 1. The molecule has 0 unspecified atom stereocenters. The fraction of sp³-hybridized carbons (Fsp3) is 0. The zero-order valence-corrected chi connectivity index (χ0v) is 9.28. The van der Waals surface area contributed by atoms with Crippen molar-refractivity contribution in [1.29, 1.82) is 0 Å². The summed E-state index contributed by atoms with van der Waals surface area (Å²) in [6.45, 7) is 0. The second-order valence-electron chi connectivity index (χ2n) is 3.19. The summed E-state index contributed by atoms with van der Waals surface area (Å²) in [6.07, 6.45) is 1.85. The van der Waals surface area contributed by atoms with E-state index >= 15 is 0 Å². The lowest BCUT2D eigenvalue weighted by Crippen LogP contribution is -1.75. The predicted octanol–water partition coefficient (Wildman–Crippen LogP) is 3.59. The molecule has 2 aromatic heterocycles. The van der Waals surface area contributed by atoms with Crippen molar-refractivity contribution >= 4 is 27.0 Å². The van der Waals surface area contributed by atoms with Crippen LogP contribution in [0, 0.1) is 0 Å². The first-order chi connectivity index (χ1) is 7.34. The topological polar surface area (TPSA) is 41.8 Å². The molecular formula is C11H7BrN2O. The van der Waals surface area contributed by atoms with Crippen molar-refractivity contribution in [3.8, 4) is 11.6 Å². The van der Waals surface area contributed by atoms with Gasteiger partial charge in [0.1, 0.15) is 11.2 Å². The fourth-order valence-corrected chi connectivity index (χ4v) is 1.93. The molecule has 0 saturated carbocycles. The van der Waals surface area contributed by atoms with Gasteiger partial charge >= 0.3 is 0 Å². The van der Waals surface area contributed by atoms with E-state index in [1.165, 1.54) is 0 Å². The largest absolute Gasteiger partial charge is 0.435 e. The van der Waals surface area contributed by atoms with E-state index in [-0.39, 0.29) is 0 Å². The number of oxazole rings is 1. The summed E-state index contributed by atoms with van der Waals surface area (Å²) in [5.41, 5.74) is 2.52. The minimum atomic E-state index is 0.613. The average molecular weight is 263 g/mol. The zero-order valence-electron chi connectivity index (χ0n) is 7.70. The van der Waals surface area contributed by atoms with E-state index < -0.39 is 0 Å². The van der Waals surface area contributed by atoms with Gasteiger partial charge in [0.15, 0.2) is 5.58 Å². The Kier molecular flexibility index (Phi) is 1.89. The summed E-state index contributed by atoms with van der Waals surface area (Å²) in [4.78, 5) is 7.47. The average Bonchev–Trinajstić information content (AvgIpc) is 2.86. The van der Waals surface area contributed by atoms with Crippen molar-refractivity contribution < 1.29 is 4.42 Å². The third kappa shape index (κ3) is 1.37. The highest BCUT2D eigenvalue weighted by molar-refractivity contribution is 9.10. The van der Waals surface area contributed by atoms with Crippen LogP contribution in [0.1, 0.15) is 0 Å². The van der Waals surface area contributed by atoms with Crippen molar-refractivity contribution in [2.24, 2.45) is 0 Å². The normalized spacial score (nSPS) is 11.0. The van der Waals surface area contributed by atoms with E-state index in [2.05, 4.69) is 25.9 Å². The Balaban J connectivity index is 2.27. The molecule has 3 nitrogen and oxygen atoms in total. The highest BCUT2D eigenvalue weighted by Crippen LogP contribution is 2.27. The van der Waals surface area contributed by atoms with Gasteiger partial charge in [-0.3, -0.25) is 0 Å². The van der Waals surface area contributed by atoms with Crippen LogP contribution in [0.3, 0.4) is 0 Å². The predicted molar refractivity (Wildman–Crippen MR) is 61.5 cm³/mol. The van der Waals surface area contributed by atoms with E-state index in [0.717, 1.165) is 21.3 Å². The molecule has 0 fully saturated rings. The summed E-state index contributed by atoms with van der Waals surface area (Å²) in [6, 6.07) is 9.62. The van der Waals surface area contributed by atoms with Crippen molar-refractivity contribution in [3.63, 3.8) is 0 Å². The van der Waals surface area contributed by atoms with Gasteiger partial charge in [0, 0.05) is 10.7 Å². The van der Waals surface area contributed by atoms with Gasteiger partial charge in [-0.25, -0.2) is 4.98 Å². The Bertz CT molecular complexity index is 598. The van der Waals surface area contributed by atoms with Gasteiger partial charge in [0.05, 0.1) is 0 Å². The van der Waals surface area contributed by atoms with E-state index in [4.69, 9.17) is 4.42 Å². The molecule has 1 N–H and O–H groups in total. The number of para-hydroxylation sites is 1. The fourth-order valence-electron chi connectivity index (χ4n) is 1.49. The van der Waals surface area contributed by atoms with E-state index in [1.807, 2.05) is 36.5 Å². The second kappa shape index (κ2) is 3.24. The quantitative estimate of drug-likeness (QED) is 0.729. The molecule has 0 aliphatic heterocycles. The minimum Gasteiger partial charge on any atom is -0.435 e. The van der Waals surface area contributed by atoms with Crippen molar-refractivity contribution in [1.82, 2.24) is 9.97 Å². The van der Waals surface area contributed by atoms with E-state index in [9.17, 15) is 0 Å². The van der Waals surface area contributed by atoms with Crippen LogP contribution in [-0.2, 0) is 0 Å². The van der Waals surface area contributed by atoms with Gasteiger partial charge in [0.25, 0.3) is 0 Å². The summed E-state index contributed by atoms with van der Waals surface area (Å²) < 4.78 is 6.57. The number of H-pyrrole nitrogens is 1. The highest BCUT2D eigenvalue weighted by atomic mass is 79.9. The monoisotopic (exact) mass is 262 g/mol. The van der Waals surface area contributed by atoms with Crippen LogP contribution in [0.4, 0.5) is 0 Å². The molecule has 1 aromatic carbocycles. The number of rotatable bonds is 1. The first kappa shape index (κ1) is 8.73. The Labute approximate surface area is 94.3 Å². The molecule has 0 saturated heterocycles. The molecule has 0 atom stereocenters. The van der Waals surface area contributed by atoms with Gasteiger partial charge in [-0.2, -0.15) is 0 Å². The Hall–Kier alpha value is -1.55. The maximum atomic E-state index is 5.62. The molecule has 0 spiro atoms. The van der Waals surface area contributed by atoms with Crippen molar-refractivity contribution in [3.05, 3.63) is 41.0 Å². The van der Waals surface area contributed by atoms with E-state index in [0.29, 0.717) is 5.89 Å². The SMILES string of the molecule is Brc1cccc2oc(-c3ccc[nH]3)nc12. The summed E-state index contributed by atoms with van der Waals surface area (Å²) in [5, 5.41) is 0. The Morgan fingerprint density at radius 2 is 2.13 bits per heavy atom. The van der Waals surface area contributed by atoms with Crippen LogP contribution < -0.4 is 0 Å². The van der Waals surface area contributed by atoms with Gasteiger partial charge in [-0.1, -0.05) is 6.07 Å². The van der Waals surface area contributed by atoms with E-state index in [1.54, 1.807) is 0 Å². The molecule has 0 aliphatic carbocycles. The Morgan fingerprint density at radius 3 is 2.87 bits per heavy atom. The second-order valence-corrected chi connectivity index (χ2v) is 4.04. The van der Waals surface area contributed by atoms with Crippen LogP contribution in [0.5, 0.6) is 0 Å². The third-order valence-corrected chi connectivity index (χ3v) is 2.84. The van der Waals surface area contributed by atoms with Gasteiger partial charge < -0.3 is 9.40 Å². The molecule has 3 rings (SSSR count). The standard InChI is InChI=1S/C11H7BrN2O/c12-7-3-1-5-9-10(7)14-11(15-9)8-4-2-6-13-8/h1-6,13H. The number of aromatic amines is 1. The highest BCUT2D eigenvalue weighted by Gasteiger charge is 2.09. The number of nitrogens with zero attached hydrogens (tertiary/aromatic N) is 1. The number of nitrogens with one attached hydrogen (secondary N) is 1. The molecule has 3 aromatic rings. The molecule has 2 heterocycles. The summed E-state index contributed by atoms with van der Waals surface area (Å²) in [5.74, 6) is 0.613. The molecule has 0 amide bonds. The number of aromatic nitrogens is 2. The van der Waals surface area contributed by atoms with Crippen LogP contribution in [0.15, 0.2) is 45.4 Å². The first-order valence-electron chi connectivity index (χ1n) is 4.53. The van der Waals surface area contributed by atoms with Crippen LogP contribution in [0.2, 0.25) is 0 Å². The maximum Gasteiger partial charge on any atom is 0.244 e. The smallest absolute Gasteiger partial charge is 0.244 e. The van der Waals surface area contributed by atoms with Gasteiger partial charge in [-0.15, -0.1) is 0 Å². The zero-order chi connectivity index (χ0) is 10.3. The molecule has 4 heteroatoms. The lowest BCUT2D eigenvalue weighted by Gasteiger charge is -1.86. The van der Waals surface area contributed by atoms with Crippen LogP contribution in [-0.4, -0.2) is 9.97 Å². The maximum absolute atomic E-state index is 5.62. The molecule has 0 bridgehead atoms. The number of benzene rings is 1. The van der Waals surface area contributed by atoms with Gasteiger partial charge in [-0.05, 0) is 40.2 Å². The number of hydrogen-bond acceptors (Lipinski definition) is 2. The molecular weight excluding hydrogens is 256 g/mol. The van der Waals surface area contributed by atoms with Crippen LogP contribution in [0.25, 0.3) is 22.7 Å². The number of hydrogen-bond donors (Lipinski definition) is 1. The molecule has 74 valence electrons. The lowest BCUT2D eigenvalue weighted by molar-refractivity contribution is 0.617. The molecule has 15 heavy (non-hydrogen) atoms. The summed E-state index contributed by atoms with van der Waals surface area (Å²) in [7, 11) is 0. The third-order valence-electron chi connectivity index (χ3n) is 2.20. The van der Waals surface area contributed by atoms with Crippen molar-refractivity contribution in [2.45, 2.75) is 0 Å². The molecule has 0 aliphatic rings. The lowest BCUT2D eigenvalue weighted by atomic mass is 10.3. The van der Waals surface area contributed by atoms with Crippen LogP contribution >= 0.6 is 15.9 Å². The minimum absolute atomic E-state index is 0.613. The summed E-state index contributed by atoms with van der Waals surface area (Å²) >= 11 is 3.44.